The Kier molecular flexibility index (Phi) is 4.56. The van der Waals surface area contributed by atoms with Crippen molar-refractivity contribution in [3.63, 3.8) is 0 Å². The molecular weight excluding hydrogens is 302 g/mol. The summed E-state index contributed by atoms with van der Waals surface area (Å²) in [6, 6.07) is 15.1. The summed E-state index contributed by atoms with van der Waals surface area (Å²) >= 11 is 0. The van der Waals surface area contributed by atoms with Gasteiger partial charge in [0.25, 0.3) is 0 Å². The number of ether oxygens (including phenoxy) is 3. The molecule has 0 unspecified atom stereocenters. The van der Waals surface area contributed by atoms with Crippen LogP contribution in [0.1, 0.15) is 24.0 Å². The lowest BCUT2D eigenvalue weighted by atomic mass is 10.1. The van der Waals surface area contributed by atoms with Crippen molar-refractivity contribution in [3.8, 4) is 17.2 Å². The molecule has 0 spiro atoms. The highest BCUT2D eigenvalue weighted by Gasteiger charge is 2.20. The number of nitrogens with one attached hydrogen (secondary N) is 1. The zero-order chi connectivity index (χ0) is 16.2. The molecule has 24 heavy (non-hydrogen) atoms. The molecule has 4 rings (SSSR count). The second-order valence-corrected chi connectivity index (χ2v) is 6.37. The van der Waals surface area contributed by atoms with Gasteiger partial charge in [0.15, 0.2) is 11.5 Å². The lowest BCUT2D eigenvalue weighted by Crippen LogP contribution is -2.30. The van der Waals surface area contributed by atoms with E-state index in [0.717, 1.165) is 49.5 Å². The largest absolute Gasteiger partial charge is 0.490 e. The Hall–Kier alpha value is -2.20. The maximum atomic E-state index is 5.84. The summed E-state index contributed by atoms with van der Waals surface area (Å²) in [7, 11) is 0. The first-order valence-corrected chi connectivity index (χ1v) is 8.72. The normalized spacial score (nSPS) is 15.5. The summed E-state index contributed by atoms with van der Waals surface area (Å²) in [5.74, 6) is 2.29. The molecule has 0 fully saturated rings. The van der Waals surface area contributed by atoms with E-state index in [1.807, 2.05) is 18.2 Å². The van der Waals surface area contributed by atoms with E-state index < -0.39 is 0 Å². The first kappa shape index (κ1) is 15.3. The molecule has 0 saturated heterocycles. The van der Waals surface area contributed by atoms with E-state index in [1.54, 1.807) is 0 Å². The van der Waals surface area contributed by atoms with Crippen molar-refractivity contribution in [2.45, 2.75) is 31.7 Å². The Balaban J connectivity index is 1.14. The fourth-order valence-corrected chi connectivity index (χ4v) is 3.44. The topological polar surface area (TPSA) is 39.7 Å². The monoisotopic (exact) mass is 325 g/mol. The predicted octanol–water partition coefficient (Wildman–Crippen LogP) is 3.33. The molecule has 4 nitrogen and oxygen atoms in total. The molecule has 0 saturated carbocycles. The quantitative estimate of drug-likeness (QED) is 0.793. The molecule has 0 radical (unpaired) electrons. The molecule has 1 N–H and O–H groups in total. The SMILES string of the molecule is c1ccc2c(c1)CC(NCCCCOc1cccc3c1OCO3)C2. The van der Waals surface area contributed by atoms with E-state index in [1.165, 1.54) is 11.1 Å². The summed E-state index contributed by atoms with van der Waals surface area (Å²) in [6.07, 6.45) is 4.44. The molecule has 1 heterocycles. The molecule has 2 aliphatic rings. The predicted molar refractivity (Wildman–Crippen MR) is 92.9 cm³/mol. The Morgan fingerprint density at radius 1 is 0.958 bits per heavy atom. The molecule has 2 aromatic carbocycles. The van der Waals surface area contributed by atoms with E-state index in [2.05, 4.69) is 29.6 Å². The van der Waals surface area contributed by atoms with Crippen molar-refractivity contribution in [3.05, 3.63) is 53.6 Å². The maximum absolute atomic E-state index is 5.84. The molecule has 1 aliphatic carbocycles. The molecule has 2 aromatic rings. The fraction of sp³-hybridized carbons (Fsp3) is 0.400. The van der Waals surface area contributed by atoms with Gasteiger partial charge in [0.05, 0.1) is 6.61 Å². The van der Waals surface area contributed by atoms with E-state index in [0.29, 0.717) is 12.6 Å². The number of hydrogen-bond acceptors (Lipinski definition) is 4. The van der Waals surface area contributed by atoms with Gasteiger partial charge in [-0.2, -0.15) is 0 Å². The molecule has 0 amide bonds. The summed E-state index contributed by atoms with van der Waals surface area (Å²) in [4.78, 5) is 0. The molecular formula is C20H23NO3. The molecule has 1 aliphatic heterocycles. The van der Waals surface area contributed by atoms with Crippen LogP contribution in [0.4, 0.5) is 0 Å². The highest BCUT2D eigenvalue weighted by molar-refractivity contribution is 5.52. The highest BCUT2D eigenvalue weighted by Crippen LogP contribution is 2.40. The van der Waals surface area contributed by atoms with E-state index in [9.17, 15) is 0 Å². The van der Waals surface area contributed by atoms with Gasteiger partial charge in [-0.15, -0.1) is 0 Å². The number of unbranched alkanes of at least 4 members (excludes halogenated alkanes) is 1. The van der Waals surface area contributed by atoms with E-state index in [4.69, 9.17) is 14.2 Å². The standard InChI is InChI=1S/C20H23NO3/c1-2-7-16-13-17(12-15(16)6-1)21-10-3-4-11-22-18-8-5-9-19-20(18)24-14-23-19/h1-2,5-9,17,21H,3-4,10-14H2. The molecule has 0 aromatic heterocycles. The summed E-state index contributed by atoms with van der Waals surface area (Å²) < 4.78 is 16.6. The number of fused-ring (bicyclic) bond motifs is 2. The van der Waals surface area contributed by atoms with Crippen molar-refractivity contribution in [2.75, 3.05) is 19.9 Å². The zero-order valence-corrected chi connectivity index (χ0v) is 13.8. The minimum absolute atomic E-state index is 0.281. The van der Waals surface area contributed by atoms with Crippen LogP contribution in [0.3, 0.4) is 0 Å². The lowest BCUT2D eigenvalue weighted by Gasteiger charge is -2.12. The Morgan fingerprint density at radius 2 is 1.79 bits per heavy atom. The van der Waals surface area contributed by atoms with Crippen molar-refractivity contribution in [1.82, 2.24) is 5.32 Å². The van der Waals surface area contributed by atoms with Gasteiger partial charge in [0, 0.05) is 6.04 Å². The van der Waals surface area contributed by atoms with Crippen LogP contribution in [0.5, 0.6) is 17.2 Å². The maximum Gasteiger partial charge on any atom is 0.231 e. The van der Waals surface area contributed by atoms with Gasteiger partial charge in [0.1, 0.15) is 0 Å². The van der Waals surface area contributed by atoms with Crippen molar-refractivity contribution >= 4 is 0 Å². The minimum atomic E-state index is 0.281. The van der Waals surface area contributed by atoms with Gasteiger partial charge >= 0.3 is 0 Å². The van der Waals surface area contributed by atoms with Gasteiger partial charge in [-0.25, -0.2) is 0 Å². The lowest BCUT2D eigenvalue weighted by molar-refractivity contribution is 0.169. The van der Waals surface area contributed by atoms with E-state index >= 15 is 0 Å². The van der Waals surface area contributed by atoms with Crippen LogP contribution in [0, 0.1) is 0 Å². The van der Waals surface area contributed by atoms with Crippen molar-refractivity contribution in [1.29, 1.82) is 0 Å². The number of rotatable bonds is 7. The van der Waals surface area contributed by atoms with Crippen molar-refractivity contribution < 1.29 is 14.2 Å². The van der Waals surface area contributed by atoms with Gasteiger partial charge in [-0.3, -0.25) is 0 Å². The van der Waals surface area contributed by atoms with Crippen LogP contribution in [0.15, 0.2) is 42.5 Å². The Morgan fingerprint density at radius 3 is 2.62 bits per heavy atom. The average Bonchev–Trinajstić information content (AvgIpc) is 3.24. The van der Waals surface area contributed by atoms with Crippen LogP contribution in [0.2, 0.25) is 0 Å². The van der Waals surface area contributed by atoms with Crippen LogP contribution in [0.25, 0.3) is 0 Å². The Labute approximate surface area is 142 Å². The van der Waals surface area contributed by atoms with E-state index in [-0.39, 0.29) is 6.79 Å². The number of hydrogen-bond donors (Lipinski definition) is 1. The summed E-state index contributed by atoms with van der Waals surface area (Å²) in [6.45, 7) is 2.02. The average molecular weight is 325 g/mol. The van der Waals surface area contributed by atoms with Crippen molar-refractivity contribution in [2.24, 2.45) is 0 Å². The van der Waals surface area contributed by atoms with Gasteiger partial charge in [0.2, 0.25) is 12.5 Å². The van der Waals surface area contributed by atoms with Crippen LogP contribution in [-0.2, 0) is 12.8 Å². The third-order valence-electron chi connectivity index (χ3n) is 4.67. The third kappa shape index (κ3) is 3.34. The third-order valence-corrected chi connectivity index (χ3v) is 4.67. The van der Waals surface area contributed by atoms with Gasteiger partial charge < -0.3 is 19.5 Å². The smallest absolute Gasteiger partial charge is 0.231 e. The molecule has 126 valence electrons. The molecule has 0 bridgehead atoms. The molecule has 0 atom stereocenters. The summed E-state index contributed by atoms with van der Waals surface area (Å²) in [5.41, 5.74) is 3.00. The van der Waals surface area contributed by atoms with Gasteiger partial charge in [-0.1, -0.05) is 30.3 Å². The van der Waals surface area contributed by atoms with Crippen LogP contribution in [-0.4, -0.2) is 26.0 Å². The second kappa shape index (κ2) is 7.14. The highest BCUT2D eigenvalue weighted by atomic mass is 16.7. The fourth-order valence-electron chi connectivity index (χ4n) is 3.44. The zero-order valence-electron chi connectivity index (χ0n) is 13.8. The second-order valence-electron chi connectivity index (χ2n) is 6.37. The first-order valence-electron chi connectivity index (χ1n) is 8.72. The summed E-state index contributed by atoms with van der Waals surface area (Å²) in [5, 5.41) is 3.67. The van der Waals surface area contributed by atoms with Crippen LogP contribution < -0.4 is 19.5 Å². The van der Waals surface area contributed by atoms with Gasteiger partial charge in [-0.05, 0) is 55.5 Å². The first-order chi connectivity index (χ1) is 11.9. The minimum Gasteiger partial charge on any atom is -0.490 e. The Bertz CT molecular complexity index is 676. The number of benzene rings is 2. The van der Waals surface area contributed by atoms with Crippen LogP contribution >= 0.6 is 0 Å². The molecule has 4 heteroatoms. The number of para-hydroxylation sites is 1.